The third-order valence-corrected chi connectivity index (χ3v) is 5.37. The molecule has 0 aromatic heterocycles. The first-order chi connectivity index (χ1) is 13.2. The van der Waals surface area contributed by atoms with Crippen molar-refractivity contribution in [2.75, 3.05) is 18.4 Å². The highest BCUT2D eigenvalue weighted by Gasteiger charge is 2.24. The summed E-state index contributed by atoms with van der Waals surface area (Å²) < 4.78 is 2.71. The normalized spacial score (nSPS) is 15.8. The Morgan fingerprint density at radius 3 is 2.15 bits per heavy atom. The zero-order valence-corrected chi connectivity index (χ0v) is 16.6. The van der Waals surface area contributed by atoms with E-state index in [1.807, 2.05) is 0 Å². The molecular formula is C20H29N5OS. The van der Waals surface area contributed by atoms with Gasteiger partial charge < -0.3 is 16.4 Å². The van der Waals surface area contributed by atoms with E-state index in [4.69, 9.17) is 5.26 Å². The Hall–Kier alpha value is -2.17. The maximum atomic E-state index is 11.9. The van der Waals surface area contributed by atoms with Gasteiger partial charge in [0.2, 0.25) is 0 Å². The van der Waals surface area contributed by atoms with Crippen molar-refractivity contribution in [2.45, 2.75) is 51.4 Å². The van der Waals surface area contributed by atoms with Crippen LogP contribution in [0, 0.1) is 11.5 Å². The number of nitrogens with two attached hydrogens (primary N) is 1. The highest BCUT2D eigenvalue weighted by Crippen LogP contribution is 2.38. The van der Waals surface area contributed by atoms with Crippen molar-refractivity contribution >= 4 is 23.7 Å². The number of fused-ring (bicyclic) bond motifs is 2. The van der Waals surface area contributed by atoms with Gasteiger partial charge in [-0.3, -0.25) is 4.72 Å². The maximum absolute atomic E-state index is 11.9. The summed E-state index contributed by atoms with van der Waals surface area (Å²) in [6, 6.07) is 2.21. The van der Waals surface area contributed by atoms with Gasteiger partial charge in [0.25, 0.3) is 0 Å². The minimum Gasteiger partial charge on any atom is -0.337 e. The van der Waals surface area contributed by atoms with E-state index >= 15 is 0 Å². The molecular weight excluding hydrogens is 358 g/mol. The predicted molar refractivity (Wildman–Crippen MR) is 112 cm³/mol. The van der Waals surface area contributed by atoms with Crippen LogP contribution in [0.5, 0.6) is 0 Å². The molecule has 0 spiro atoms. The largest absolute Gasteiger partial charge is 0.337 e. The van der Waals surface area contributed by atoms with Gasteiger partial charge in [-0.15, -0.1) is 0 Å². The number of nitrogens with one attached hydrogen (secondary N) is 3. The van der Waals surface area contributed by atoms with Crippen LogP contribution in [-0.2, 0) is 25.7 Å². The van der Waals surface area contributed by atoms with Gasteiger partial charge in [-0.05, 0) is 104 Å². The van der Waals surface area contributed by atoms with E-state index in [2.05, 4.69) is 33.7 Å². The predicted octanol–water partition coefficient (Wildman–Crippen LogP) is 3.37. The van der Waals surface area contributed by atoms with Crippen molar-refractivity contribution in [3.8, 4) is 6.19 Å². The molecule has 0 bridgehead atoms. The van der Waals surface area contributed by atoms with Crippen LogP contribution in [0.15, 0.2) is 18.1 Å². The summed E-state index contributed by atoms with van der Waals surface area (Å²) in [5.74, 6) is 0. The van der Waals surface area contributed by atoms with Crippen LogP contribution < -0.4 is 21.1 Å². The molecule has 2 aliphatic carbocycles. The lowest BCUT2D eigenvalue weighted by Crippen LogP contribution is -2.23. The van der Waals surface area contributed by atoms with Crippen molar-refractivity contribution < 1.29 is 4.79 Å². The molecule has 0 atom stereocenters. The summed E-state index contributed by atoms with van der Waals surface area (Å²) in [6.07, 6.45) is 10.9. The van der Waals surface area contributed by atoms with Crippen LogP contribution in [-0.4, -0.2) is 19.1 Å². The second kappa shape index (κ2) is 11.5. The molecule has 27 heavy (non-hydrogen) atoms. The van der Waals surface area contributed by atoms with E-state index in [0.29, 0.717) is 0 Å². The van der Waals surface area contributed by atoms with Gasteiger partial charge in [-0.2, -0.15) is 5.26 Å². The Morgan fingerprint density at radius 1 is 1.15 bits per heavy atom. The highest BCUT2D eigenvalue weighted by molar-refractivity contribution is 8.00. The Balaban J connectivity index is 0.000000274. The van der Waals surface area contributed by atoms with Crippen LogP contribution in [0.4, 0.5) is 10.5 Å². The number of carbonyl (C=O) groups is 1. The van der Waals surface area contributed by atoms with E-state index in [9.17, 15) is 4.79 Å². The lowest BCUT2D eigenvalue weighted by molar-refractivity contribution is 0.257. The van der Waals surface area contributed by atoms with Gasteiger partial charge in [0.15, 0.2) is 6.19 Å². The molecule has 0 unspecified atom stereocenters. The summed E-state index contributed by atoms with van der Waals surface area (Å²) in [7, 11) is 0. The number of nitrogens with zero attached hydrogens (tertiary/aromatic N) is 1. The SMILES string of the molecule is C1CCNC1.C=CSNC(=O)Nc1c2c(cc3c1CCC3)CCC2.N#CN. The van der Waals surface area contributed by atoms with Crippen LogP contribution in [0.2, 0.25) is 0 Å². The molecule has 7 heteroatoms. The van der Waals surface area contributed by atoms with Gasteiger partial charge in [-0.25, -0.2) is 4.79 Å². The molecule has 2 amide bonds. The summed E-state index contributed by atoms with van der Waals surface area (Å²) in [6.45, 7) is 6.08. The minimum absolute atomic E-state index is 0.153. The number of rotatable bonds is 3. The molecule has 1 aliphatic heterocycles. The Bertz CT molecular complexity index is 655. The summed E-state index contributed by atoms with van der Waals surface area (Å²) in [5.41, 5.74) is 10.8. The zero-order chi connectivity index (χ0) is 19.5. The number of benzene rings is 1. The van der Waals surface area contributed by atoms with E-state index in [1.165, 1.54) is 79.2 Å². The first kappa shape index (κ1) is 21.1. The average Bonchev–Trinajstić information content (AvgIpc) is 3.42. The maximum Gasteiger partial charge on any atom is 0.329 e. The Labute approximate surface area is 166 Å². The number of hydrogen-bond donors (Lipinski definition) is 4. The van der Waals surface area contributed by atoms with Gasteiger partial charge in [0.1, 0.15) is 0 Å². The van der Waals surface area contributed by atoms with Gasteiger partial charge in [0, 0.05) is 5.69 Å². The number of anilines is 1. The fourth-order valence-electron chi connectivity index (χ4n) is 3.83. The second-order valence-electron chi connectivity index (χ2n) is 6.66. The summed E-state index contributed by atoms with van der Waals surface area (Å²) in [4.78, 5) is 11.9. The first-order valence-electron chi connectivity index (χ1n) is 9.51. The molecule has 6 nitrogen and oxygen atoms in total. The topological polar surface area (TPSA) is 103 Å². The second-order valence-corrected chi connectivity index (χ2v) is 7.43. The third kappa shape index (κ3) is 6.19. The summed E-state index contributed by atoms with van der Waals surface area (Å²) in [5, 5.41) is 15.0. The molecule has 0 saturated carbocycles. The third-order valence-electron chi connectivity index (χ3n) is 4.90. The fraction of sp³-hybridized carbons (Fsp3) is 0.500. The van der Waals surface area contributed by atoms with Crippen molar-refractivity contribution in [3.63, 3.8) is 0 Å². The molecule has 146 valence electrons. The molecule has 1 heterocycles. The highest BCUT2D eigenvalue weighted by atomic mass is 32.2. The Morgan fingerprint density at radius 2 is 1.70 bits per heavy atom. The van der Waals surface area contributed by atoms with Crippen LogP contribution >= 0.6 is 11.9 Å². The van der Waals surface area contributed by atoms with E-state index in [-0.39, 0.29) is 6.03 Å². The van der Waals surface area contributed by atoms with Crippen molar-refractivity contribution in [2.24, 2.45) is 5.73 Å². The van der Waals surface area contributed by atoms with E-state index in [1.54, 1.807) is 5.41 Å². The number of hydrogen-bond acceptors (Lipinski definition) is 5. The summed E-state index contributed by atoms with van der Waals surface area (Å²) >= 11 is 1.20. The van der Waals surface area contributed by atoms with Gasteiger partial charge >= 0.3 is 6.03 Å². The molecule has 1 aromatic rings. The Kier molecular flexibility index (Phi) is 9.02. The molecule has 3 aliphatic rings. The number of aryl methyl sites for hydroxylation is 2. The smallest absolute Gasteiger partial charge is 0.329 e. The zero-order valence-electron chi connectivity index (χ0n) is 15.8. The number of nitriles is 1. The van der Waals surface area contributed by atoms with Crippen molar-refractivity contribution in [1.82, 2.24) is 10.0 Å². The monoisotopic (exact) mass is 387 g/mol. The number of amides is 2. The lowest BCUT2D eigenvalue weighted by Gasteiger charge is -2.16. The minimum atomic E-state index is -0.153. The van der Waals surface area contributed by atoms with Crippen molar-refractivity contribution in [1.29, 1.82) is 5.26 Å². The average molecular weight is 388 g/mol. The number of urea groups is 1. The van der Waals surface area contributed by atoms with Crippen LogP contribution in [0.25, 0.3) is 0 Å². The molecule has 4 rings (SSSR count). The molecule has 1 fully saturated rings. The van der Waals surface area contributed by atoms with Gasteiger partial charge in [-0.1, -0.05) is 12.6 Å². The quantitative estimate of drug-likeness (QED) is 0.362. The van der Waals surface area contributed by atoms with Crippen molar-refractivity contribution in [3.05, 3.63) is 40.3 Å². The van der Waals surface area contributed by atoms with Crippen LogP contribution in [0.3, 0.4) is 0 Å². The lowest BCUT2D eigenvalue weighted by atomic mass is 9.99. The first-order valence-corrected chi connectivity index (χ1v) is 10.4. The van der Waals surface area contributed by atoms with Gasteiger partial charge in [0.05, 0.1) is 0 Å². The molecule has 1 saturated heterocycles. The van der Waals surface area contributed by atoms with E-state index in [0.717, 1.165) is 31.4 Å². The molecule has 0 radical (unpaired) electrons. The molecule has 1 aromatic carbocycles. The standard InChI is InChI=1S/C15H18N2OS.C4H9N.CH2N2/c1-2-19-17-15(18)16-14-12-7-3-5-10(12)9-11-6-4-8-13(11)14;1-2-4-5-3-1;2-1-3/h2,9H,1,3-8H2,(H2,16,17,18);5H,1-4H2;2H2. The van der Waals surface area contributed by atoms with Crippen LogP contribution in [0.1, 0.15) is 47.9 Å². The van der Waals surface area contributed by atoms with E-state index < -0.39 is 0 Å². The molecule has 5 N–H and O–H groups in total. The fourth-order valence-corrected chi connectivity index (χ4v) is 4.07. The number of carbonyl (C=O) groups excluding carboxylic acids is 1.